The number of H-pyrrole nitrogens is 1. The molecule has 0 aliphatic heterocycles. The Kier molecular flexibility index (Phi) is 3.31. The van der Waals surface area contributed by atoms with Gasteiger partial charge in [0.1, 0.15) is 5.75 Å². The maximum absolute atomic E-state index is 5.28. The first-order valence-corrected chi connectivity index (χ1v) is 7.50. The minimum atomic E-state index is 0.881. The number of rotatable bonds is 3. The molecule has 1 heterocycles. The van der Waals surface area contributed by atoms with Gasteiger partial charge in [0.25, 0.3) is 0 Å². The molecule has 1 aromatic heterocycles. The first kappa shape index (κ1) is 13.6. The highest BCUT2D eigenvalue weighted by Gasteiger charge is 2.04. The van der Waals surface area contributed by atoms with Crippen molar-refractivity contribution in [3.05, 3.63) is 73.2 Å². The molecule has 0 aliphatic carbocycles. The van der Waals surface area contributed by atoms with Gasteiger partial charge in [-0.25, -0.2) is 4.98 Å². The molecule has 112 valence electrons. The number of imidazole rings is 1. The van der Waals surface area contributed by atoms with E-state index in [0.29, 0.717) is 0 Å². The summed E-state index contributed by atoms with van der Waals surface area (Å²) in [5.74, 6) is 0.881. The molecule has 1 N–H and O–H groups in total. The number of nitrogens with one attached hydrogen (secondary N) is 1. The van der Waals surface area contributed by atoms with Crippen LogP contribution >= 0.6 is 0 Å². The van der Waals surface area contributed by atoms with Gasteiger partial charge < -0.3 is 9.72 Å². The zero-order chi connectivity index (χ0) is 15.6. The van der Waals surface area contributed by atoms with Crippen molar-refractivity contribution in [3.8, 4) is 28.1 Å². The zero-order valence-corrected chi connectivity index (χ0v) is 12.8. The fourth-order valence-corrected chi connectivity index (χ4v) is 2.81. The van der Waals surface area contributed by atoms with Crippen LogP contribution < -0.4 is 4.74 Å². The highest BCUT2D eigenvalue weighted by molar-refractivity contribution is 5.88. The Morgan fingerprint density at radius 2 is 1.61 bits per heavy atom. The average molecular weight is 300 g/mol. The van der Waals surface area contributed by atoms with E-state index in [1.807, 2.05) is 12.3 Å². The van der Waals surface area contributed by atoms with Gasteiger partial charge in [-0.2, -0.15) is 0 Å². The van der Waals surface area contributed by atoms with Gasteiger partial charge in [0.2, 0.25) is 0 Å². The molecule has 0 bridgehead atoms. The zero-order valence-electron chi connectivity index (χ0n) is 12.8. The number of fused-ring (bicyclic) bond motifs is 1. The summed E-state index contributed by atoms with van der Waals surface area (Å²) in [6.45, 7) is 0. The van der Waals surface area contributed by atoms with Gasteiger partial charge in [-0.3, -0.25) is 0 Å². The molecule has 4 rings (SSSR count). The summed E-state index contributed by atoms with van der Waals surface area (Å²) >= 11 is 0. The highest BCUT2D eigenvalue weighted by atomic mass is 16.5. The highest BCUT2D eigenvalue weighted by Crippen LogP contribution is 2.29. The van der Waals surface area contributed by atoms with Crippen molar-refractivity contribution in [3.63, 3.8) is 0 Å². The van der Waals surface area contributed by atoms with Gasteiger partial charge in [0, 0.05) is 5.56 Å². The number of hydrogen-bond acceptors (Lipinski definition) is 2. The van der Waals surface area contributed by atoms with Crippen molar-refractivity contribution in [2.24, 2.45) is 0 Å². The summed E-state index contributed by atoms with van der Waals surface area (Å²) in [4.78, 5) is 7.24. The molecule has 0 atom stereocenters. The van der Waals surface area contributed by atoms with E-state index in [1.54, 1.807) is 13.4 Å². The Morgan fingerprint density at radius 1 is 0.826 bits per heavy atom. The van der Waals surface area contributed by atoms with Crippen molar-refractivity contribution in [1.29, 1.82) is 0 Å². The third-order valence-electron chi connectivity index (χ3n) is 4.05. The van der Waals surface area contributed by atoms with Crippen LogP contribution in [0, 0.1) is 0 Å². The van der Waals surface area contributed by atoms with Crippen LogP contribution in [0.5, 0.6) is 5.75 Å². The molecule has 0 aliphatic rings. The van der Waals surface area contributed by atoms with Crippen molar-refractivity contribution in [2.75, 3.05) is 7.11 Å². The Morgan fingerprint density at radius 3 is 2.43 bits per heavy atom. The lowest BCUT2D eigenvalue weighted by atomic mass is 9.99. The third-order valence-corrected chi connectivity index (χ3v) is 4.05. The number of hydrogen-bond donors (Lipinski definition) is 1. The fourth-order valence-electron chi connectivity index (χ4n) is 2.81. The van der Waals surface area contributed by atoms with Crippen LogP contribution in [0.1, 0.15) is 0 Å². The van der Waals surface area contributed by atoms with E-state index in [-0.39, 0.29) is 0 Å². The van der Waals surface area contributed by atoms with E-state index < -0.39 is 0 Å². The number of ether oxygens (including phenoxy) is 1. The second kappa shape index (κ2) is 5.61. The second-order valence-corrected chi connectivity index (χ2v) is 5.47. The van der Waals surface area contributed by atoms with E-state index >= 15 is 0 Å². The largest absolute Gasteiger partial charge is 0.497 e. The molecule has 3 heteroatoms. The molecule has 0 saturated heterocycles. The smallest absolute Gasteiger partial charge is 0.119 e. The summed E-state index contributed by atoms with van der Waals surface area (Å²) in [5, 5.41) is 2.38. The van der Waals surface area contributed by atoms with Crippen molar-refractivity contribution < 1.29 is 4.74 Å². The first-order valence-electron chi connectivity index (χ1n) is 7.50. The predicted octanol–water partition coefficient (Wildman–Crippen LogP) is 4.91. The van der Waals surface area contributed by atoms with Gasteiger partial charge in [-0.15, -0.1) is 0 Å². The van der Waals surface area contributed by atoms with E-state index in [9.17, 15) is 0 Å². The Labute approximate surface area is 134 Å². The minimum absolute atomic E-state index is 0.881. The molecule has 0 saturated carbocycles. The summed E-state index contributed by atoms with van der Waals surface area (Å²) in [5.41, 5.74) is 4.55. The van der Waals surface area contributed by atoms with Gasteiger partial charge in [0.15, 0.2) is 0 Å². The van der Waals surface area contributed by atoms with Crippen molar-refractivity contribution in [2.45, 2.75) is 0 Å². The number of methoxy groups -OCH3 is 1. The van der Waals surface area contributed by atoms with E-state index in [1.165, 1.54) is 21.9 Å². The molecule has 0 amide bonds. The van der Waals surface area contributed by atoms with E-state index in [2.05, 4.69) is 64.6 Å². The van der Waals surface area contributed by atoms with Crippen LogP contribution in [-0.2, 0) is 0 Å². The standard InChI is InChI=1S/C20H16N2O/c1-23-19-8-7-16-9-15(5-6-17(16)11-19)14-3-2-4-18(10-14)20-12-21-13-22-20/h2-13H,1H3,(H,21,22). The van der Waals surface area contributed by atoms with Crippen molar-refractivity contribution in [1.82, 2.24) is 9.97 Å². The lowest BCUT2D eigenvalue weighted by molar-refractivity contribution is 0.415. The second-order valence-electron chi connectivity index (χ2n) is 5.47. The van der Waals surface area contributed by atoms with Gasteiger partial charge >= 0.3 is 0 Å². The number of nitrogens with zero attached hydrogens (tertiary/aromatic N) is 1. The van der Waals surface area contributed by atoms with Gasteiger partial charge in [-0.1, -0.05) is 36.4 Å². The molecule has 3 nitrogen and oxygen atoms in total. The Bertz CT molecular complexity index is 958. The first-order chi connectivity index (χ1) is 11.3. The molecule has 3 aromatic carbocycles. The summed E-state index contributed by atoms with van der Waals surface area (Å²) in [6.07, 6.45) is 3.54. The van der Waals surface area contributed by atoms with Crippen LogP contribution in [0.2, 0.25) is 0 Å². The third kappa shape index (κ3) is 2.57. The molecule has 0 radical (unpaired) electrons. The Balaban J connectivity index is 1.78. The number of aromatic amines is 1. The number of benzene rings is 3. The maximum atomic E-state index is 5.28. The monoisotopic (exact) mass is 300 g/mol. The molecule has 0 fully saturated rings. The van der Waals surface area contributed by atoms with Crippen molar-refractivity contribution >= 4 is 10.8 Å². The van der Waals surface area contributed by atoms with Gasteiger partial charge in [-0.05, 0) is 46.2 Å². The number of aromatic nitrogens is 2. The van der Waals surface area contributed by atoms with Crippen LogP contribution in [0.25, 0.3) is 33.2 Å². The summed E-state index contributed by atoms with van der Waals surface area (Å²) < 4.78 is 5.28. The lowest BCUT2D eigenvalue weighted by Crippen LogP contribution is -1.84. The summed E-state index contributed by atoms with van der Waals surface area (Å²) in [6, 6.07) is 21.1. The van der Waals surface area contributed by atoms with E-state index in [0.717, 1.165) is 17.0 Å². The molecule has 23 heavy (non-hydrogen) atoms. The van der Waals surface area contributed by atoms with Crippen LogP contribution in [-0.4, -0.2) is 17.1 Å². The SMILES string of the molecule is COc1ccc2cc(-c3cccc(-c4cnc[nH]4)c3)ccc2c1. The normalized spacial score (nSPS) is 10.8. The molecule has 0 unspecified atom stereocenters. The lowest BCUT2D eigenvalue weighted by Gasteiger charge is -2.07. The summed E-state index contributed by atoms with van der Waals surface area (Å²) in [7, 11) is 1.69. The Hall–Kier alpha value is -3.07. The topological polar surface area (TPSA) is 37.9 Å². The minimum Gasteiger partial charge on any atom is -0.497 e. The van der Waals surface area contributed by atoms with E-state index in [4.69, 9.17) is 4.74 Å². The van der Waals surface area contributed by atoms with Crippen LogP contribution in [0.4, 0.5) is 0 Å². The fraction of sp³-hybridized carbons (Fsp3) is 0.0500. The van der Waals surface area contributed by atoms with Crippen LogP contribution in [0.15, 0.2) is 73.2 Å². The molecular formula is C20H16N2O. The molecule has 0 spiro atoms. The quantitative estimate of drug-likeness (QED) is 0.584. The maximum Gasteiger partial charge on any atom is 0.119 e. The molecular weight excluding hydrogens is 284 g/mol. The molecule has 4 aromatic rings. The van der Waals surface area contributed by atoms with Gasteiger partial charge in [0.05, 0.1) is 25.3 Å². The van der Waals surface area contributed by atoms with Crippen LogP contribution in [0.3, 0.4) is 0 Å². The average Bonchev–Trinajstić information content (AvgIpc) is 3.15. The predicted molar refractivity (Wildman–Crippen MR) is 93.5 cm³/mol.